The van der Waals surface area contributed by atoms with Crippen molar-refractivity contribution in [2.24, 2.45) is 5.92 Å². The Hall–Kier alpha value is -2.35. The summed E-state index contributed by atoms with van der Waals surface area (Å²) >= 11 is 0. The summed E-state index contributed by atoms with van der Waals surface area (Å²) in [6.07, 6.45) is 4.71. The number of anilines is 1. The van der Waals surface area contributed by atoms with Crippen molar-refractivity contribution in [1.29, 1.82) is 5.26 Å². The van der Waals surface area contributed by atoms with Gasteiger partial charge < -0.3 is 10.0 Å². The molecule has 0 fully saturated rings. The van der Waals surface area contributed by atoms with Gasteiger partial charge in [-0.25, -0.2) is 9.78 Å². The molecule has 0 aromatic carbocycles. The zero-order valence-electron chi connectivity index (χ0n) is 11.8. The number of hydrogen-bond donors (Lipinski definition) is 1. The van der Waals surface area contributed by atoms with Gasteiger partial charge in [-0.05, 0) is 24.1 Å². The van der Waals surface area contributed by atoms with E-state index in [4.69, 9.17) is 10.4 Å². The average Bonchev–Trinajstić information content (AvgIpc) is 2.41. The fourth-order valence-electron chi connectivity index (χ4n) is 1.87. The molecule has 1 N–H and O–H groups in total. The molecule has 5 heteroatoms. The van der Waals surface area contributed by atoms with E-state index < -0.39 is 5.97 Å². The van der Waals surface area contributed by atoms with Gasteiger partial charge in [0.25, 0.3) is 0 Å². The number of pyridine rings is 1. The summed E-state index contributed by atoms with van der Waals surface area (Å²) in [5.41, 5.74) is 0.744. The predicted octanol–water partition coefficient (Wildman–Crippen LogP) is 2.56. The Morgan fingerprint density at radius 1 is 1.60 bits per heavy atom. The van der Waals surface area contributed by atoms with Crippen LogP contribution in [0.5, 0.6) is 0 Å². The van der Waals surface area contributed by atoms with E-state index in [0.717, 1.165) is 18.2 Å². The van der Waals surface area contributed by atoms with Gasteiger partial charge in [-0.2, -0.15) is 5.26 Å². The molecule has 0 spiro atoms. The summed E-state index contributed by atoms with van der Waals surface area (Å²) in [5, 5.41) is 17.5. The van der Waals surface area contributed by atoms with Crippen LogP contribution in [0.2, 0.25) is 0 Å². The normalized spacial score (nSPS) is 10.7. The number of aromatic nitrogens is 1. The number of nitriles is 1. The average molecular weight is 273 g/mol. The van der Waals surface area contributed by atoms with Crippen LogP contribution in [0, 0.1) is 17.2 Å². The van der Waals surface area contributed by atoms with E-state index in [1.165, 1.54) is 6.08 Å². The summed E-state index contributed by atoms with van der Waals surface area (Å²) in [6, 6.07) is 5.72. The maximum Gasteiger partial charge on any atom is 0.328 e. The Morgan fingerprint density at radius 3 is 2.95 bits per heavy atom. The number of aliphatic carboxylic acids is 1. The standard InChI is InChI=1S/C15H19N3O2/c1-12(2)11-18(10-4-8-16)15-13(5-3-9-17-15)6-7-14(19)20/h3,5-7,9,12H,4,10-11H2,1-2H3,(H,19,20)/b7-6+. The molecule has 1 rings (SSSR count). The first-order valence-corrected chi connectivity index (χ1v) is 6.52. The molecule has 20 heavy (non-hydrogen) atoms. The van der Waals surface area contributed by atoms with Crippen molar-refractivity contribution in [1.82, 2.24) is 4.98 Å². The molecule has 0 bridgehead atoms. The highest BCUT2D eigenvalue weighted by Gasteiger charge is 2.12. The van der Waals surface area contributed by atoms with Gasteiger partial charge in [0.05, 0.1) is 12.5 Å². The van der Waals surface area contributed by atoms with Crippen LogP contribution in [-0.4, -0.2) is 29.1 Å². The Kier molecular flexibility index (Phi) is 6.24. The lowest BCUT2D eigenvalue weighted by Gasteiger charge is -2.26. The van der Waals surface area contributed by atoms with Crippen LogP contribution < -0.4 is 4.90 Å². The number of carboxylic acid groups (broad SMARTS) is 1. The Morgan fingerprint density at radius 2 is 2.35 bits per heavy atom. The van der Waals surface area contributed by atoms with Gasteiger partial charge in [0, 0.05) is 30.9 Å². The smallest absolute Gasteiger partial charge is 0.328 e. The molecule has 0 aliphatic heterocycles. The van der Waals surface area contributed by atoms with E-state index in [2.05, 4.69) is 24.9 Å². The summed E-state index contributed by atoms with van der Waals surface area (Å²) < 4.78 is 0. The molecule has 0 atom stereocenters. The van der Waals surface area contributed by atoms with Gasteiger partial charge in [-0.1, -0.05) is 13.8 Å². The van der Waals surface area contributed by atoms with Crippen LogP contribution in [0.1, 0.15) is 25.8 Å². The SMILES string of the molecule is CC(C)CN(CCC#N)c1ncccc1/C=C/C(=O)O. The lowest BCUT2D eigenvalue weighted by atomic mass is 10.1. The van der Waals surface area contributed by atoms with Crippen LogP contribution >= 0.6 is 0 Å². The Balaban J connectivity index is 3.05. The largest absolute Gasteiger partial charge is 0.478 e. The third-order valence-corrected chi connectivity index (χ3v) is 2.60. The fourth-order valence-corrected chi connectivity index (χ4v) is 1.87. The lowest BCUT2D eigenvalue weighted by molar-refractivity contribution is -0.131. The molecule has 0 radical (unpaired) electrons. The van der Waals surface area contributed by atoms with E-state index in [1.807, 2.05) is 11.0 Å². The molecular weight excluding hydrogens is 254 g/mol. The molecule has 0 amide bonds. The number of hydrogen-bond acceptors (Lipinski definition) is 4. The minimum Gasteiger partial charge on any atom is -0.478 e. The number of carboxylic acids is 1. The number of carbonyl (C=O) groups is 1. The molecular formula is C15H19N3O2. The second-order valence-electron chi connectivity index (χ2n) is 4.84. The molecule has 0 unspecified atom stereocenters. The van der Waals surface area contributed by atoms with Crippen molar-refractivity contribution >= 4 is 17.9 Å². The van der Waals surface area contributed by atoms with E-state index in [1.54, 1.807) is 12.3 Å². The number of nitrogens with zero attached hydrogens (tertiary/aromatic N) is 3. The third kappa shape index (κ3) is 5.11. The van der Waals surface area contributed by atoms with Gasteiger partial charge in [0.15, 0.2) is 0 Å². The Labute approximate surface area is 119 Å². The summed E-state index contributed by atoms with van der Waals surface area (Å²) in [5.74, 6) is 0.146. The Bertz CT molecular complexity index is 518. The van der Waals surface area contributed by atoms with E-state index in [-0.39, 0.29) is 0 Å². The van der Waals surface area contributed by atoms with Crippen LogP contribution in [0.4, 0.5) is 5.82 Å². The van der Waals surface area contributed by atoms with Gasteiger partial charge in [-0.3, -0.25) is 0 Å². The van der Waals surface area contributed by atoms with Crippen LogP contribution in [-0.2, 0) is 4.79 Å². The monoisotopic (exact) mass is 273 g/mol. The lowest BCUT2D eigenvalue weighted by Crippen LogP contribution is -2.30. The van der Waals surface area contributed by atoms with Crippen molar-refractivity contribution < 1.29 is 9.90 Å². The van der Waals surface area contributed by atoms with Crippen molar-refractivity contribution in [3.8, 4) is 6.07 Å². The van der Waals surface area contributed by atoms with Gasteiger partial charge >= 0.3 is 5.97 Å². The van der Waals surface area contributed by atoms with E-state index in [9.17, 15) is 4.79 Å². The molecule has 1 heterocycles. The van der Waals surface area contributed by atoms with Crippen LogP contribution in [0.25, 0.3) is 6.08 Å². The minimum atomic E-state index is -0.993. The van der Waals surface area contributed by atoms with E-state index >= 15 is 0 Å². The van der Waals surface area contributed by atoms with Crippen molar-refractivity contribution in [2.75, 3.05) is 18.0 Å². The summed E-state index contributed by atoms with van der Waals surface area (Å²) in [7, 11) is 0. The third-order valence-electron chi connectivity index (χ3n) is 2.60. The quantitative estimate of drug-likeness (QED) is 0.772. The van der Waals surface area contributed by atoms with Gasteiger partial charge in [-0.15, -0.1) is 0 Å². The first-order chi connectivity index (χ1) is 9.54. The second kappa shape index (κ2) is 7.95. The molecule has 0 saturated carbocycles. The highest BCUT2D eigenvalue weighted by Crippen LogP contribution is 2.20. The number of rotatable bonds is 7. The highest BCUT2D eigenvalue weighted by atomic mass is 16.4. The summed E-state index contributed by atoms with van der Waals surface area (Å²) in [6.45, 7) is 5.54. The highest BCUT2D eigenvalue weighted by molar-refractivity contribution is 5.86. The van der Waals surface area contributed by atoms with E-state index in [0.29, 0.717) is 24.7 Å². The predicted molar refractivity (Wildman–Crippen MR) is 78.2 cm³/mol. The van der Waals surface area contributed by atoms with Gasteiger partial charge in [0.1, 0.15) is 5.82 Å². The molecule has 1 aromatic heterocycles. The van der Waals surface area contributed by atoms with Crippen LogP contribution in [0.15, 0.2) is 24.4 Å². The summed E-state index contributed by atoms with van der Waals surface area (Å²) in [4.78, 5) is 17.0. The fraction of sp³-hybridized carbons (Fsp3) is 0.400. The molecule has 0 aliphatic rings. The molecule has 1 aromatic rings. The van der Waals surface area contributed by atoms with Crippen molar-refractivity contribution in [3.63, 3.8) is 0 Å². The minimum absolute atomic E-state index is 0.408. The maximum absolute atomic E-state index is 10.6. The zero-order valence-corrected chi connectivity index (χ0v) is 11.8. The maximum atomic E-state index is 10.6. The van der Waals surface area contributed by atoms with Crippen molar-refractivity contribution in [2.45, 2.75) is 20.3 Å². The van der Waals surface area contributed by atoms with Gasteiger partial charge in [0.2, 0.25) is 0 Å². The molecule has 5 nitrogen and oxygen atoms in total. The molecule has 106 valence electrons. The zero-order chi connectivity index (χ0) is 15.0. The molecule has 0 saturated heterocycles. The molecule has 0 aliphatic carbocycles. The first kappa shape index (κ1) is 15.7. The van der Waals surface area contributed by atoms with Crippen LogP contribution in [0.3, 0.4) is 0 Å². The first-order valence-electron chi connectivity index (χ1n) is 6.52. The second-order valence-corrected chi connectivity index (χ2v) is 4.84. The topological polar surface area (TPSA) is 77.2 Å². The van der Waals surface area contributed by atoms with Crippen molar-refractivity contribution in [3.05, 3.63) is 30.0 Å².